The van der Waals surface area contributed by atoms with Crippen LogP contribution in [-0.4, -0.2) is 60.9 Å². The molecule has 1 saturated heterocycles. The Labute approximate surface area is 235 Å². The topological polar surface area (TPSA) is 139 Å². The molecule has 206 valence electrons. The maximum absolute atomic E-state index is 13.1. The summed E-state index contributed by atoms with van der Waals surface area (Å²) in [5.74, 6) is -1.59. The van der Waals surface area contributed by atoms with Crippen LogP contribution >= 0.6 is 0 Å². The Balaban J connectivity index is 0.978. The molecule has 41 heavy (non-hydrogen) atoms. The third kappa shape index (κ3) is 4.33. The first-order valence-electron chi connectivity index (χ1n) is 13.7. The number of nitrogens with one attached hydrogen (secondary N) is 2. The fourth-order valence-corrected chi connectivity index (χ4v) is 5.93. The number of fused-ring (bicyclic) bond motifs is 2. The van der Waals surface area contributed by atoms with Gasteiger partial charge in [0.15, 0.2) is 0 Å². The third-order valence-electron chi connectivity index (χ3n) is 8.26. The number of anilines is 1. The van der Waals surface area contributed by atoms with Crippen LogP contribution in [-0.2, 0) is 9.59 Å². The Bertz CT molecular complexity index is 1760. The molecule has 4 aromatic rings. The fourth-order valence-electron chi connectivity index (χ4n) is 5.93. The molecule has 1 unspecified atom stereocenters. The highest BCUT2D eigenvalue weighted by molar-refractivity contribution is 6.23. The van der Waals surface area contributed by atoms with Crippen LogP contribution in [0.1, 0.15) is 58.1 Å². The van der Waals surface area contributed by atoms with Gasteiger partial charge in [0, 0.05) is 30.4 Å². The van der Waals surface area contributed by atoms with Crippen molar-refractivity contribution in [2.24, 2.45) is 5.92 Å². The lowest BCUT2D eigenvalue weighted by Gasteiger charge is -2.35. The van der Waals surface area contributed by atoms with E-state index in [9.17, 15) is 19.2 Å². The molecule has 4 amide bonds. The van der Waals surface area contributed by atoms with Crippen molar-refractivity contribution < 1.29 is 19.2 Å². The SMILES string of the molecule is Cc1nn([C@H]2C[C@H](CNc3ccc4c(c3)C(=O)N(C3CCC(=O)NC3=O)C4=O)C2)cc1-c1cnc2ccccc2n1. The van der Waals surface area contributed by atoms with Crippen LogP contribution in [0.4, 0.5) is 5.69 Å². The lowest BCUT2D eigenvalue weighted by molar-refractivity contribution is -0.136. The van der Waals surface area contributed by atoms with E-state index in [1.807, 2.05) is 35.9 Å². The van der Waals surface area contributed by atoms with Crippen molar-refractivity contribution in [2.45, 2.75) is 44.7 Å². The molecule has 1 aliphatic carbocycles. The van der Waals surface area contributed by atoms with E-state index in [2.05, 4.69) is 21.8 Å². The average Bonchev–Trinajstić information content (AvgIpc) is 3.44. The maximum Gasteiger partial charge on any atom is 0.262 e. The second kappa shape index (κ2) is 9.61. The van der Waals surface area contributed by atoms with E-state index in [4.69, 9.17) is 10.1 Å². The summed E-state index contributed by atoms with van der Waals surface area (Å²) in [4.78, 5) is 60.1. The van der Waals surface area contributed by atoms with E-state index < -0.39 is 29.7 Å². The van der Waals surface area contributed by atoms with Gasteiger partial charge in [0.2, 0.25) is 11.8 Å². The van der Waals surface area contributed by atoms with Gasteiger partial charge in [0.1, 0.15) is 6.04 Å². The van der Waals surface area contributed by atoms with Gasteiger partial charge in [-0.15, -0.1) is 0 Å². The number of para-hydroxylation sites is 2. The minimum absolute atomic E-state index is 0.0932. The minimum atomic E-state index is -0.969. The second-order valence-electron chi connectivity index (χ2n) is 10.9. The van der Waals surface area contributed by atoms with Crippen LogP contribution in [0.3, 0.4) is 0 Å². The molecule has 2 aliphatic heterocycles. The van der Waals surface area contributed by atoms with E-state index in [0.717, 1.165) is 58.0 Å². The molecule has 1 atom stereocenters. The number of aromatic nitrogens is 4. The number of nitrogens with zero attached hydrogens (tertiary/aromatic N) is 5. The Hall–Kier alpha value is -4.93. The first kappa shape index (κ1) is 25.1. The zero-order valence-corrected chi connectivity index (χ0v) is 22.3. The van der Waals surface area contributed by atoms with Crippen LogP contribution < -0.4 is 10.6 Å². The highest BCUT2D eigenvalue weighted by Crippen LogP contribution is 2.39. The van der Waals surface area contributed by atoms with Crippen molar-refractivity contribution in [3.63, 3.8) is 0 Å². The number of piperidine rings is 1. The minimum Gasteiger partial charge on any atom is -0.385 e. The fraction of sp³-hybridized carbons (Fsp3) is 0.300. The lowest BCUT2D eigenvalue weighted by Crippen LogP contribution is -2.54. The normalized spacial score (nSPS) is 22.1. The number of imide groups is 2. The first-order valence-corrected chi connectivity index (χ1v) is 13.7. The summed E-state index contributed by atoms with van der Waals surface area (Å²) in [6, 6.07) is 12.2. The van der Waals surface area contributed by atoms with Gasteiger partial charge in [-0.05, 0) is 62.4 Å². The number of carbonyl (C=O) groups excluding carboxylic acids is 4. The molecule has 2 aromatic heterocycles. The zero-order chi connectivity index (χ0) is 28.2. The van der Waals surface area contributed by atoms with Gasteiger partial charge in [-0.3, -0.25) is 39.1 Å². The van der Waals surface area contributed by atoms with Crippen LogP contribution in [0.25, 0.3) is 22.3 Å². The van der Waals surface area contributed by atoms with E-state index in [0.29, 0.717) is 12.0 Å². The van der Waals surface area contributed by atoms with Crippen molar-refractivity contribution >= 4 is 40.3 Å². The predicted molar refractivity (Wildman–Crippen MR) is 149 cm³/mol. The van der Waals surface area contributed by atoms with Gasteiger partial charge < -0.3 is 5.32 Å². The third-order valence-corrected chi connectivity index (χ3v) is 8.26. The van der Waals surface area contributed by atoms with Gasteiger partial charge in [-0.1, -0.05) is 12.1 Å². The molecule has 2 fully saturated rings. The summed E-state index contributed by atoms with van der Waals surface area (Å²) in [5.41, 5.74) is 5.71. The van der Waals surface area contributed by atoms with E-state index in [-0.39, 0.29) is 24.0 Å². The molecule has 0 radical (unpaired) electrons. The van der Waals surface area contributed by atoms with Gasteiger partial charge in [-0.2, -0.15) is 5.10 Å². The van der Waals surface area contributed by atoms with Crippen LogP contribution in [0, 0.1) is 12.8 Å². The predicted octanol–water partition coefficient (Wildman–Crippen LogP) is 3.27. The molecule has 3 aliphatic rings. The largest absolute Gasteiger partial charge is 0.385 e. The number of hydrogen-bond acceptors (Lipinski definition) is 8. The molecule has 7 rings (SSSR count). The molecule has 2 N–H and O–H groups in total. The van der Waals surface area contributed by atoms with Gasteiger partial charge >= 0.3 is 0 Å². The van der Waals surface area contributed by atoms with E-state index in [1.165, 1.54) is 0 Å². The Morgan fingerprint density at radius 1 is 0.976 bits per heavy atom. The molecule has 0 spiro atoms. The quantitative estimate of drug-likeness (QED) is 0.350. The lowest BCUT2D eigenvalue weighted by atomic mass is 9.80. The van der Waals surface area contributed by atoms with Gasteiger partial charge in [0.25, 0.3) is 11.8 Å². The molecule has 2 aromatic carbocycles. The second-order valence-corrected chi connectivity index (χ2v) is 10.9. The number of benzene rings is 2. The maximum atomic E-state index is 13.1. The summed E-state index contributed by atoms with van der Waals surface area (Å²) in [6.45, 7) is 2.71. The smallest absolute Gasteiger partial charge is 0.262 e. The van der Waals surface area contributed by atoms with Gasteiger partial charge in [-0.25, -0.2) is 4.98 Å². The Morgan fingerprint density at radius 3 is 2.56 bits per heavy atom. The molecule has 0 bridgehead atoms. The summed E-state index contributed by atoms with van der Waals surface area (Å²) >= 11 is 0. The average molecular weight is 550 g/mol. The first-order chi connectivity index (χ1) is 19.9. The standard InChI is InChI=1S/C30H27N7O4/c1-16-22(25-14-32-23-4-2-3-5-24(23)33-25)15-36(35-16)19-10-17(11-19)13-31-18-6-7-20-21(12-18)30(41)37(29(20)40)26-8-9-27(38)34-28(26)39/h2-7,12,14-15,17,19,26,31H,8-11,13H2,1H3,(H,34,38,39)/t17-,19-,26?. The molecular formula is C30H27N7O4. The molecule has 4 heterocycles. The van der Waals surface area contributed by atoms with Crippen LogP contribution in [0.5, 0.6) is 0 Å². The number of aryl methyl sites for hydroxylation is 1. The summed E-state index contributed by atoms with van der Waals surface area (Å²) < 4.78 is 2.03. The number of carbonyl (C=O) groups is 4. The van der Waals surface area contributed by atoms with Crippen molar-refractivity contribution in [1.82, 2.24) is 30.0 Å². The van der Waals surface area contributed by atoms with Crippen LogP contribution in [0.2, 0.25) is 0 Å². The summed E-state index contributed by atoms with van der Waals surface area (Å²) in [6.07, 6.45) is 6.00. The summed E-state index contributed by atoms with van der Waals surface area (Å²) in [7, 11) is 0. The van der Waals surface area contributed by atoms with Crippen LogP contribution in [0.15, 0.2) is 54.9 Å². The van der Waals surface area contributed by atoms with Crippen molar-refractivity contribution in [3.05, 3.63) is 71.7 Å². The monoisotopic (exact) mass is 549 g/mol. The number of hydrogen-bond donors (Lipinski definition) is 2. The van der Waals surface area contributed by atoms with E-state index >= 15 is 0 Å². The molecule has 1 saturated carbocycles. The number of rotatable bonds is 6. The highest BCUT2D eigenvalue weighted by Gasteiger charge is 2.44. The Morgan fingerprint density at radius 2 is 1.76 bits per heavy atom. The van der Waals surface area contributed by atoms with Gasteiger partial charge in [0.05, 0.1) is 45.8 Å². The molecule has 11 nitrogen and oxygen atoms in total. The van der Waals surface area contributed by atoms with Crippen molar-refractivity contribution in [2.75, 3.05) is 11.9 Å². The highest BCUT2D eigenvalue weighted by atomic mass is 16.2. The molecule has 11 heteroatoms. The van der Waals surface area contributed by atoms with Crippen molar-refractivity contribution in [1.29, 1.82) is 0 Å². The number of amides is 4. The summed E-state index contributed by atoms with van der Waals surface area (Å²) in [5, 5.41) is 10.4. The molecular weight excluding hydrogens is 522 g/mol. The van der Waals surface area contributed by atoms with Crippen molar-refractivity contribution in [3.8, 4) is 11.3 Å². The Kier molecular flexibility index (Phi) is 5.88. The zero-order valence-electron chi connectivity index (χ0n) is 22.3. The van der Waals surface area contributed by atoms with E-state index in [1.54, 1.807) is 24.4 Å².